The molecule has 0 bridgehead atoms. The van der Waals surface area contributed by atoms with E-state index in [9.17, 15) is 13.6 Å². The first-order valence-electron chi connectivity index (χ1n) is 6.77. The summed E-state index contributed by atoms with van der Waals surface area (Å²) in [6, 6.07) is 4.24. The molecule has 5 heteroatoms. The number of halogens is 2. The number of carbonyl (C=O) groups is 1. The van der Waals surface area contributed by atoms with Crippen LogP contribution >= 0.6 is 0 Å². The average molecular weight is 278 g/mol. The molecule has 1 fully saturated rings. The summed E-state index contributed by atoms with van der Waals surface area (Å²) in [4.78, 5) is 12.0. The molecular weight excluding hydrogens is 262 g/mol. The van der Waals surface area contributed by atoms with Crippen LogP contribution in [0.1, 0.15) is 42.5 Å². The fraction of sp³-hybridized carbons (Fsp3) is 0.467. The van der Waals surface area contributed by atoms with Crippen LogP contribution in [0.5, 0.6) is 0 Å². The van der Waals surface area contributed by atoms with Crippen LogP contribution in [-0.4, -0.2) is 11.9 Å². The highest BCUT2D eigenvalue weighted by molar-refractivity contribution is 5.94. The highest BCUT2D eigenvalue weighted by atomic mass is 19.1. The molecule has 0 heterocycles. The number of benzene rings is 1. The summed E-state index contributed by atoms with van der Waals surface area (Å²) in [5.41, 5.74) is -0.234. The first-order valence-corrected chi connectivity index (χ1v) is 6.77. The van der Waals surface area contributed by atoms with Gasteiger partial charge in [-0.15, -0.1) is 0 Å². The van der Waals surface area contributed by atoms with E-state index in [0.717, 1.165) is 44.2 Å². The number of amides is 1. The largest absolute Gasteiger partial charge is 0.336 e. The van der Waals surface area contributed by atoms with Gasteiger partial charge in [0.2, 0.25) is 0 Å². The lowest BCUT2D eigenvalue weighted by Gasteiger charge is -2.26. The molecule has 2 rings (SSSR count). The summed E-state index contributed by atoms with van der Waals surface area (Å²) < 4.78 is 26.3. The molecule has 3 nitrogen and oxygen atoms in total. The minimum Gasteiger partial charge on any atom is -0.336 e. The van der Waals surface area contributed by atoms with Gasteiger partial charge in [-0.05, 0) is 30.9 Å². The van der Waals surface area contributed by atoms with Crippen molar-refractivity contribution in [1.29, 1.82) is 5.26 Å². The van der Waals surface area contributed by atoms with Crippen LogP contribution in [0, 0.1) is 28.9 Å². The molecule has 106 valence electrons. The van der Waals surface area contributed by atoms with E-state index in [4.69, 9.17) is 5.26 Å². The minimum absolute atomic E-state index is 0.112. The Hall–Kier alpha value is -1.96. The maximum Gasteiger partial charge on any atom is 0.255 e. The van der Waals surface area contributed by atoms with Crippen molar-refractivity contribution in [2.45, 2.75) is 38.1 Å². The zero-order valence-electron chi connectivity index (χ0n) is 11.0. The molecule has 1 atom stereocenters. The van der Waals surface area contributed by atoms with Gasteiger partial charge in [-0.3, -0.25) is 4.79 Å². The van der Waals surface area contributed by atoms with Gasteiger partial charge in [-0.25, -0.2) is 8.78 Å². The number of nitrogens with zero attached hydrogens (tertiary/aromatic N) is 1. The summed E-state index contributed by atoms with van der Waals surface area (Å²) in [6.45, 7) is 0. The molecular formula is C15H16F2N2O. The van der Waals surface area contributed by atoms with Crippen LogP contribution in [0.15, 0.2) is 18.2 Å². The van der Waals surface area contributed by atoms with E-state index in [2.05, 4.69) is 11.4 Å². The van der Waals surface area contributed by atoms with Crippen molar-refractivity contribution in [3.05, 3.63) is 35.4 Å². The Labute approximate surface area is 116 Å². The number of nitriles is 1. The van der Waals surface area contributed by atoms with Crippen LogP contribution in [0.3, 0.4) is 0 Å². The molecule has 1 unspecified atom stereocenters. The Kier molecular flexibility index (Phi) is 4.67. The van der Waals surface area contributed by atoms with Crippen molar-refractivity contribution in [3.63, 3.8) is 0 Å². The van der Waals surface area contributed by atoms with Crippen molar-refractivity contribution in [2.75, 3.05) is 0 Å². The smallest absolute Gasteiger partial charge is 0.255 e. The van der Waals surface area contributed by atoms with Crippen LogP contribution in [0.4, 0.5) is 8.78 Å². The van der Waals surface area contributed by atoms with Gasteiger partial charge in [-0.2, -0.15) is 5.26 Å². The highest BCUT2D eigenvalue weighted by Gasteiger charge is 2.26. The standard InChI is InChI=1S/C15H16F2N2O/c16-11-6-7-12(13(17)8-11)15(20)19-14(9-18)10-4-2-1-3-5-10/h6-8,10,14H,1-5H2,(H,19,20). The maximum atomic E-state index is 13.5. The Morgan fingerprint density at radius 2 is 2.00 bits per heavy atom. The van der Waals surface area contributed by atoms with Crippen LogP contribution in [0.25, 0.3) is 0 Å². The lowest BCUT2D eigenvalue weighted by atomic mass is 9.84. The third kappa shape index (κ3) is 3.32. The molecule has 1 aromatic carbocycles. The van der Waals surface area contributed by atoms with Crippen molar-refractivity contribution in [3.8, 4) is 6.07 Å². The number of rotatable bonds is 3. The Morgan fingerprint density at radius 3 is 2.60 bits per heavy atom. The maximum absolute atomic E-state index is 13.5. The summed E-state index contributed by atoms with van der Waals surface area (Å²) in [5, 5.41) is 11.7. The average Bonchev–Trinajstić information content (AvgIpc) is 2.45. The molecule has 0 aromatic heterocycles. The van der Waals surface area contributed by atoms with E-state index in [0.29, 0.717) is 6.07 Å². The van der Waals surface area contributed by atoms with Crippen molar-refractivity contribution in [1.82, 2.24) is 5.32 Å². The topological polar surface area (TPSA) is 52.9 Å². The van der Waals surface area contributed by atoms with Gasteiger partial charge in [-0.1, -0.05) is 19.3 Å². The fourth-order valence-corrected chi connectivity index (χ4v) is 2.62. The second kappa shape index (κ2) is 6.47. The van der Waals surface area contributed by atoms with Gasteiger partial charge in [0, 0.05) is 6.07 Å². The molecule has 1 N–H and O–H groups in total. The predicted molar refractivity (Wildman–Crippen MR) is 69.8 cm³/mol. The van der Waals surface area contributed by atoms with Crippen LogP contribution in [0.2, 0.25) is 0 Å². The zero-order valence-corrected chi connectivity index (χ0v) is 11.0. The highest BCUT2D eigenvalue weighted by Crippen LogP contribution is 2.26. The monoisotopic (exact) mass is 278 g/mol. The molecule has 1 aromatic rings. The molecule has 0 aliphatic heterocycles. The SMILES string of the molecule is N#CC(NC(=O)c1ccc(F)cc1F)C1CCCCC1. The molecule has 1 saturated carbocycles. The molecule has 1 amide bonds. The molecule has 0 saturated heterocycles. The number of carbonyl (C=O) groups excluding carboxylic acids is 1. The predicted octanol–water partition coefficient (Wildman–Crippen LogP) is 3.17. The molecule has 1 aliphatic rings. The third-order valence-corrected chi connectivity index (χ3v) is 3.72. The van der Waals surface area contributed by atoms with Gasteiger partial charge in [0.25, 0.3) is 5.91 Å². The summed E-state index contributed by atoms with van der Waals surface area (Å²) in [7, 11) is 0. The fourth-order valence-electron chi connectivity index (χ4n) is 2.62. The Balaban J connectivity index is 2.07. The molecule has 0 spiro atoms. The lowest BCUT2D eigenvalue weighted by molar-refractivity contribution is 0.0924. The first-order chi connectivity index (χ1) is 9.61. The first kappa shape index (κ1) is 14.4. The second-order valence-corrected chi connectivity index (χ2v) is 5.10. The second-order valence-electron chi connectivity index (χ2n) is 5.10. The molecule has 0 radical (unpaired) electrons. The van der Waals surface area contributed by atoms with Crippen LogP contribution in [-0.2, 0) is 0 Å². The van der Waals surface area contributed by atoms with Gasteiger partial charge in [0.05, 0.1) is 11.6 Å². The quantitative estimate of drug-likeness (QED) is 0.923. The summed E-state index contributed by atoms with van der Waals surface area (Å²) in [5.74, 6) is -2.20. The normalized spacial score (nSPS) is 17.2. The van der Waals surface area contributed by atoms with Gasteiger partial charge < -0.3 is 5.32 Å². The van der Waals surface area contributed by atoms with E-state index in [-0.39, 0.29) is 11.5 Å². The molecule has 20 heavy (non-hydrogen) atoms. The van der Waals surface area contributed by atoms with E-state index < -0.39 is 23.6 Å². The van der Waals surface area contributed by atoms with Crippen molar-refractivity contribution < 1.29 is 13.6 Å². The summed E-state index contributed by atoms with van der Waals surface area (Å²) >= 11 is 0. The lowest BCUT2D eigenvalue weighted by Crippen LogP contribution is -2.40. The van der Waals surface area contributed by atoms with E-state index in [1.165, 1.54) is 0 Å². The van der Waals surface area contributed by atoms with Crippen molar-refractivity contribution in [2.24, 2.45) is 5.92 Å². The van der Waals surface area contributed by atoms with E-state index >= 15 is 0 Å². The zero-order chi connectivity index (χ0) is 14.5. The Morgan fingerprint density at radius 1 is 1.30 bits per heavy atom. The third-order valence-electron chi connectivity index (χ3n) is 3.72. The van der Waals surface area contributed by atoms with Crippen LogP contribution < -0.4 is 5.32 Å². The Bertz CT molecular complexity index is 533. The minimum atomic E-state index is -0.914. The van der Waals surface area contributed by atoms with Gasteiger partial charge in [0.15, 0.2) is 0 Å². The number of hydrogen-bond donors (Lipinski definition) is 1. The van der Waals surface area contributed by atoms with E-state index in [1.54, 1.807) is 0 Å². The van der Waals surface area contributed by atoms with Crippen molar-refractivity contribution >= 4 is 5.91 Å². The van der Waals surface area contributed by atoms with Gasteiger partial charge in [0.1, 0.15) is 17.7 Å². The summed E-state index contributed by atoms with van der Waals surface area (Å²) in [6.07, 6.45) is 5.03. The number of hydrogen-bond acceptors (Lipinski definition) is 2. The number of nitrogens with one attached hydrogen (secondary N) is 1. The van der Waals surface area contributed by atoms with Gasteiger partial charge >= 0.3 is 0 Å². The molecule has 1 aliphatic carbocycles. The van der Waals surface area contributed by atoms with E-state index in [1.807, 2.05) is 0 Å².